The number of aryl methyl sites for hydroxylation is 1. The van der Waals surface area contributed by atoms with Crippen molar-refractivity contribution in [1.29, 1.82) is 0 Å². The van der Waals surface area contributed by atoms with Crippen LogP contribution in [0.5, 0.6) is 0 Å². The van der Waals surface area contributed by atoms with E-state index in [0.29, 0.717) is 19.0 Å². The van der Waals surface area contributed by atoms with Crippen LogP contribution < -0.4 is 0 Å². The van der Waals surface area contributed by atoms with Gasteiger partial charge in [-0.3, -0.25) is 19.7 Å². The number of likely N-dealkylation sites (N-methyl/N-ethyl adjacent to an activating group) is 1. The highest BCUT2D eigenvalue weighted by Crippen LogP contribution is 2.26. The summed E-state index contributed by atoms with van der Waals surface area (Å²) in [5, 5.41) is 2.07. The Hall–Kier alpha value is -2.60. The Morgan fingerprint density at radius 1 is 1.07 bits per heavy atom. The maximum absolute atomic E-state index is 12.5. The van der Waals surface area contributed by atoms with Crippen LogP contribution in [0.2, 0.25) is 0 Å². The standard InChI is InChI=1S/C23H27N5O/c1-27(19-5-4-6-19)15-20(29)11-18-9-16-10-21(25-13-17(16)12-24-18)22-14-26-23-7-2-3-8-28(22)23/h9-10,12-14,19H,2-8,11,15H2,1H3. The quantitative estimate of drug-likeness (QED) is 0.646. The van der Waals surface area contributed by atoms with Gasteiger partial charge in [0.15, 0.2) is 5.78 Å². The number of nitrogens with zero attached hydrogens (tertiary/aromatic N) is 5. The van der Waals surface area contributed by atoms with Crippen LogP contribution in [-0.2, 0) is 24.2 Å². The molecule has 29 heavy (non-hydrogen) atoms. The lowest BCUT2D eigenvalue weighted by Gasteiger charge is -2.34. The van der Waals surface area contributed by atoms with Crippen molar-refractivity contribution in [2.75, 3.05) is 13.6 Å². The second-order valence-corrected chi connectivity index (χ2v) is 8.48. The predicted octanol–water partition coefficient (Wildman–Crippen LogP) is 3.43. The normalized spacial score (nSPS) is 16.8. The molecule has 0 atom stereocenters. The zero-order valence-electron chi connectivity index (χ0n) is 17.0. The van der Waals surface area contributed by atoms with E-state index in [4.69, 9.17) is 0 Å². The summed E-state index contributed by atoms with van der Waals surface area (Å²) in [6, 6.07) is 4.72. The number of aromatic nitrogens is 4. The molecule has 1 fully saturated rings. The SMILES string of the molecule is CN(CC(=O)Cc1cc2cc(-c3cnc4n3CCCC4)ncc2cn1)C1CCC1. The Bertz CT molecular complexity index is 1050. The van der Waals surface area contributed by atoms with Crippen LogP contribution in [0, 0.1) is 0 Å². The molecule has 3 aromatic rings. The van der Waals surface area contributed by atoms with Gasteiger partial charge >= 0.3 is 0 Å². The van der Waals surface area contributed by atoms with E-state index in [1.807, 2.05) is 24.7 Å². The third-order valence-corrected chi connectivity index (χ3v) is 6.39. The smallest absolute Gasteiger partial charge is 0.152 e. The predicted molar refractivity (Wildman–Crippen MR) is 113 cm³/mol. The Kier molecular flexibility index (Phi) is 4.87. The van der Waals surface area contributed by atoms with Gasteiger partial charge in [-0.2, -0.15) is 0 Å². The number of pyridine rings is 2. The summed E-state index contributed by atoms with van der Waals surface area (Å²) in [4.78, 5) is 28.4. The van der Waals surface area contributed by atoms with E-state index in [2.05, 4.69) is 37.5 Å². The lowest BCUT2D eigenvalue weighted by atomic mass is 9.91. The van der Waals surface area contributed by atoms with Gasteiger partial charge in [-0.1, -0.05) is 6.42 Å². The number of carbonyl (C=O) groups excluding carboxylic acids is 1. The number of rotatable bonds is 6. The fraction of sp³-hybridized carbons (Fsp3) is 0.478. The van der Waals surface area contributed by atoms with Gasteiger partial charge in [0.05, 0.1) is 30.6 Å². The third-order valence-electron chi connectivity index (χ3n) is 6.39. The summed E-state index contributed by atoms with van der Waals surface area (Å²) in [6.07, 6.45) is 13.2. The molecule has 0 bridgehead atoms. The second-order valence-electron chi connectivity index (χ2n) is 8.48. The molecule has 3 aromatic heterocycles. The number of hydrogen-bond acceptors (Lipinski definition) is 5. The van der Waals surface area contributed by atoms with Crippen LogP contribution in [0.25, 0.3) is 22.2 Å². The highest BCUT2D eigenvalue weighted by atomic mass is 16.1. The first-order valence-electron chi connectivity index (χ1n) is 10.7. The van der Waals surface area contributed by atoms with Gasteiger partial charge in [0.1, 0.15) is 5.82 Å². The van der Waals surface area contributed by atoms with Gasteiger partial charge < -0.3 is 4.57 Å². The monoisotopic (exact) mass is 389 g/mol. The minimum Gasteiger partial charge on any atom is -0.327 e. The highest BCUT2D eigenvalue weighted by Gasteiger charge is 2.23. The zero-order chi connectivity index (χ0) is 19.8. The fourth-order valence-corrected chi connectivity index (χ4v) is 4.43. The molecule has 6 nitrogen and oxygen atoms in total. The first kappa shape index (κ1) is 18.4. The van der Waals surface area contributed by atoms with Gasteiger partial charge in [0, 0.05) is 42.5 Å². The third kappa shape index (κ3) is 3.69. The molecule has 0 unspecified atom stereocenters. The van der Waals surface area contributed by atoms with Crippen LogP contribution in [0.15, 0.2) is 30.7 Å². The lowest BCUT2D eigenvalue weighted by molar-refractivity contribution is -0.120. The molecule has 150 valence electrons. The zero-order valence-corrected chi connectivity index (χ0v) is 17.0. The van der Waals surface area contributed by atoms with E-state index < -0.39 is 0 Å². The summed E-state index contributed by atoms with van der Waals surface area (Å²) in [7, 11) is 2.06. The molecule has 4 heterocycles. The molecule has 1 aliphatic heterocycles. The average Bonchev–Trinajstić information content (AvgIpc) is 3.10. The van der Waals surface area contributed by atoms with Crippen LogP contribution >= 0.6 is 0 Å². The van der Waals surface area contributed by atoms with Crippen molar-refractivity contribution < 1.29 is 4.79 Å². The van der Waals surface area contributed by atoms with Crippen LogP contribution in [-0.4, -0.2) is 49.8 Å². The summed E-state index contributed by atoms with van der Waals surface area (Å²) >= 11 is 0. The van der Waals surface area contributed by atoms with Crippen molar-refractivity contribution in [3.8, 4) is 11.4 Å². The minimum absolute atomic E-state index is 0.227. The molecule has 0 radical (unpaired) electrons. The van der Waals surface area contributed by atoms with Crippen molar-refractivity contribution in [1.82, 2.24) is 24.4 Å². The van der Waals surface area contributed by atoms with E-state index in [-0.39, 0.29) is 5.78 Å². The minimum atomic E-state index is 0.227. The topological polar surface area (TPSA) is 63.9 Å². The summed E-state index contributed by atoms with van der Waals surface area (Å²) < 4.78 is 2.29. The number of ketones is 1. The van der Waals surface area contributed by atoms with Gasteiger partial charge in [-0.15, -0.1) is 0 Å². The average molecular weight is 390 g/mol. The van der Waals surface area contributed by atoms with Crippen molar-refractivity contribution in [2.45, 2.75) is 57.5 Å². The maximum atomic E-state index is 12.5. The molecule has 1 aliphatic carbocycles. The highest BCUT2D eigenvalue weighted by molar-refractivity contribution is 5.87. The number of hydrogen-bond donors (Lipinski definition) is 0. The van der Waals surface area contributed by atoms with E-state index >= 15 is 0 Å². The Balaban J connectivity index is 1.36. The molecule has 0 N–H and O–H groups in total. The maximum Gasteiger partial charge on any atom is 0.152 e. The Labute approximate surface area is 171 Å². The number of carbonyl (C=O) groups is 1. The van der Waals surface area contributed by atoms with Crippen molar-refractivity contribution in [2.24, 2.45) is 0 Å². The first-order valence-corrected chi connectivity index (χ1v) is 10.7. The molecular weight excluding hydrogens is 362 g/mol. The molecule has 0 amide bonds. The fourth-order valence-electron chi connectivity index (χ4n) is 4.43. The first-order chi connectivity index (χ1) is 14.2. The summed E-state index contributed by atoms with van der Waals surface area (Å²) in [5.41, 5.74) is 2.85. The molecule has 0 aromatic carbocycles. The number of fused-ring (bicyclic) bond motifs is 2. The van der Waals surface area contributed by atoms with E-state index in [1.165, 1.54) is 32.1 Å². The van der Waals surface area contributed by atoms with E-state index in [1.54, 1.807) is 0 Å². The lowest BCUT2D eigenvalue weighted by Crippen LogP contribution is -2.40. The molecule has 1 saturated carbocycles. The van der Waals surface area contributed by atoms with Crippen molar-refractivity contribution in [3.63, 3.8) is 0 Å². The van der Waals surface area contributed by atoms with Crippen molar-refractivity contribution in [3.05, 3.63) is 42.2 Å². The Morgan fingerprint density at radius 3 is 2.76 bits per heavy atom. The number of imidazole rings is 1. The van der Waals surface area contributed by atoms with Crippen molar-refractivity contribution >= 4 is 16.6 Å². The van der Waals surface area contributed by atoms with Gasteiger partial charge in [-0.05, 0) is 50.2 Å². The molecule has 2 aliphatic rings. The van der Waals surface area contributed by atoms with Gasteiger partial charge in [-0.25, -0.2) is 4.98 Å². The van der Waals surface area contributed by atoms with Crippen LogP contribution in [0.1, 0.15) is 43.6 Å². The largest absolute Gasteiger partial charge is 0.327 e. The molecule has 6 heteroatoms. The second kappa shape index (κ2) is 7.67. The van der Waals surface area contributed by atoms with Crippen LogP contribution in [0.3, 0.4) is 0 Å². The number of Topliss-reactive ketones (excluding diaryl/α,β-unsaturated/α-hetero) is 1. The molecule has 5 rings (SSSR count). The van der Waals surface area contributed by atoms with E-state index in [0.717, 1.165) is 46.6 Å². The van der Waals surface area contributed by atoms with Gasteiger partial charge in [0.25, 0.3) is 0 Å². The van der Waals surface area contributed by atoms with E-state index in [9.17, 15) is 4.79 Å². The molecule has 0 saturated heterocycles. The van der Waals surface area contributed by atoms with Gasteiger partial charge in [0.2, 0.25) is 0 Å². The molecular formula is C23H27N5O. The summed E-state index contributed by atoms with van der Waals surface area (Å²) in [5.74, 6) is 1.38. The summed E-state index contributed by atoms with van der Waals surface area (Å²) in [6.45, 7) is 1.52. The molecule has 0 spiro atoms. The Morgan fingerprint density at radius 2 is 1.93 bits per heavy atom. The van der Waals surface area contributed by atoms with Crippen LogP contribution in [0.4, 0.5) is 0 Å².